The van der Waals surface area contributed by atoms with Crippen LogP contribution in [0.15, 0.2) is 309 Å². The van der Waals surface area contributed by atoms with E-state index in [-0.39, 0.29) is 5.41 Å². The van der Waals surface area contributed by atoms with E-state index in [1.807, 2.05) is 0 Å². The van der Waals surface area contributed by atoms with Crippen molar-refractivity contribution in [2.75, 3.05) is 4.90 Å². The maximum atomic E-state index is 2.49. The summed E-state index contributed by atoms with van der Waals surface area (Å²) in [5.41, 5.74) is 27.5. The lowest BCUT2D eigenvalue weighted by Crippen LogP contribution is -2.25. The van der Waals surface area contributed by atoms with Crippen LogP contribution < -0.4 is 4.90 Å². The maximum Gasteiger partial charge on any atom is 0.0725 e. The summed E-state index contributed by atoms with van der Waals surface area (Å²) in [6.45, 7) is 0. The van der Waals surface area contributed by atoms with Crippen LogP contribution in [0.25, 0.3) is 111 Å². The second-order valence-corrected chi connectivity index (χ2v) is 22.0. The Morgan fingerprint density at radius 1 is 0.220 bits per heavy atom. The van der Waals surface area contributed by atoms with Crippen molar-refractivity contribution in [3.63, 3.8) is 0 Å². The summed E-state index contributed by atoms with van der Waals surface area (Å²) in [6, 6.07) is 115. The molecule has 0 fully saturated rings. The minimum atomic E-state index is -0.383. The van der Waals surface area contributed by atoms with Gasteiger partial charge in [0.05, 0.1) is 27.5 Å². The zero-order valence-corrected chi connectivity index (χ0v) is 44.8. The largest absolute Gasteiger partial charge is 0.310 e. The Morgan fingerprint density at radius 2 is 0.610 bits per heavy atom. The highest BCUT2D eigenvalue weighted by atomic mass is 15.1. The van der Waals surface area contributed by atoms with E-state index in [1.165, 1.54) is 99.4 Å². The van der Waals surface area contributed by atoms with E-state index in [1.54, 1.807) is 0 Å². The number of para-hydroxylation sites is 2. The third kappa shape index (κ3) is 6.84. The molecule has 0 amide bonds. The molecule has 0 bridgehead atoms. The van der Waals surface area contributed by atoms with Gasteiger partial charge in [0.1, 0.15) is 0 Å². The summed E-state index contributed by atoms with van der Waals surface area (Å²) in [6.07, 6.45) is 0. The Hall–Kier alpha value is -10.7. The molecule has 0 aliphatic heterocycles. The molecule has 2 aliphatic carbocycles. The molecule has 382 valence electrons. The molecule has 2 aromatic heterocycles. The lowest BCUT2D eigenvalue weighted by molar-refractivity contribution is 0.794. The number of fused-ring (bicyclic) bond motifs is 16. The second-order valence-electron chi connectivity index (χ2n) is 22.0. The molecule has 2 heterocycles. The van der Waals surface area contributed by atoms with Gasteiger partial charge in [-0.05, 0) is 157 Å². The first-order chi connectivity index (χ1) is 40.7. The van der Waals surface area contributed by atoms with Gasteiger partial charge in [-0.2, -0.15) is 0 Å². The first-order valence-electron chi connectivity index (χ1n) is 28.4. The zero-order chi connectivity index (χ0) is 53.9. The van der Waals surface area contributed by atoms with Gasteiger partial charge in [-0.25, -0.2) is 0 Å². The predicted octanol–water partition coefficient (Wildman–Crippen LogP) is 20.7. The minimum absolute atomic E-state index is 0.383. The van der Waals surface area contributed by atoms with Gasteiger partial charge in [-0.15, -0.1) is 0 Å². The van der Waals surface area contributed by atoms with E-state index >= 15 is 0 Å². The van der Waals surface area contributed by atoms with Crippen molar-refractivity contribution >= 4 is 60.7 Å². The van der Waals surface area contributed by atoms with Crippen LogP contribution in [0.5, 0.6) is 0 Å². The number of anilines is 3. The molecule has 17 rings (SSSR count). The quantitative estimate of drug-likeness (QED) is 0.148. The molecule has 0 unspecified atom stereocenters. The molecule has 15 aromatic rings. The summed E-state index contributed by atoms with van der Waals surface area (Å²) >= 11 is 0. The van der Waals surface area contributed by atoms with Gasteiger partial charge in [0.15, 0.2) is 0 Å². The van der Waals surface area contributed by atoms with Crippen molar-refractivity contribution in [1.82, 2.24) is 9.13 Å². The molecule has 3 heteroatoms. The Bertz CT molecular complexity index is 4970. The third-order valence-electron chi connectivity index (χ3n) is 17.7. The fourth-order valence-corrected chi connectivity index (χ4v) is 14.2. The van der Waals surface area contributed by atoms with Crippen molar-refractivity contribution in [3.05, 3.63) is 332 Å². The fraction of sp³-hybridized carbons (Fsp3) is 0.0127. The van der Waals surface area contributed by atoms with E-state index in [0.717, 1.165) is 50.5 Å². The topological polar surface area (TPSA) is 13.1 Å². The smallest absolute Gasteiger partial charge is 0.0725 e. The molecule has 0 saturated carbocycles. The molecular formula is C79H51N3. The van der Waals surface area contributed by atoms with Crippen LogP contribution in [-0.2, 0) is 5.41 Å². The highest BCUT2D eigenvalue weighted by molar-refractivity contribution is 6.13. The molecule has 82 heavy (non-hydrogen) atoms. The van der Waals surface area contributed by atoms with Crippen molar-refractivity contribution in [3.8, 4) is 67.0 Å². The fourth-order valence-electron chi connectivity index (χ4n) is 14.2. The van der Waals surface area contributed by atoms with Crippen LogP contribution >= 0.6 is 0 Å². The first kappa shape index (κ1) is 46.2. The molecule has 1 spiro atoms. The number of hydrogen-bond donors (Lipinski definition) is 0. The van der Waals surface area contributed by atoms with Gasteiger partial charge >= 0.3 is 0 Å². The van der Waals surface area contributed by atoms with Crippen LogP contribution in [-0.4, -0.2) is 9.13 Å². The Kier molecular flexibility index (Phi) is 10.2. The zero-order valence-electron chi connectivity index (χ0n) is 44.8. The van der Waals surface area contributed by atoms with Crippen LogP contribution in [0.1, 0.15) is 22.3 Å². The number of aromatic nitrogens is 2. The molecule has 2 aliphatic rings. The van der Waals surface area contributed by atoms with Crippen LogP contribution in [0, 0.1) is 0 Å². The molecule has 3 nitrogen and oxygen atoms in total. The highest BCUT2D eigenvalue weighted by Gasteiger charge is 2.51. The average Bonchev–Trinajstić information content (AvgIpc) is 1.68. The standard InChI is InChI=1S/C79H51N3/c1-4-18-52(19-5-1)54-32-38-59(39-33-54)80(58-22-8-3-9-23-58)61-42-45-68-66-27-13-17-31-75(66)82(78(68)50-61)62-43-46-69-67-44-36-57(49-76(67)81(77(69)51-62)60-40-34-55(35-41-60)53-20-6-2-7-21-53)56-37-47-74-70(48-56)65-26-12-16-30-73(65)79(74)71-28-14-10-24-63(71)64-25-11-15-29-72(64)79/h1-51H. The SMILES string of the molecule is c1ccc(-c2ccc(N(c3ccccc3)c3ccc4c5ccccc5n(-c5ccc6c7ccc(-c8ccc9c(c8)-c8ccccc8C98c9ccccc9-c9ccccc98)cc7n(-c7ccc(-c8ccccc8)cc7)c6c5)c4c3)cc2)cc1. The highest BCUT2D eigenvalue weighted by Crippen LogP contribution is 2.63. The number of rotatable bonds is 8. The molecule has 0 saturated heterocycles. The van der Waals surface area contributed by atoms with Gasteiger partial charge in [0.25, 0.3) is 0 Å². The Balaban J connectivity index is 0.846. The summed E-state index contributed by atoms with van der Waals surface area (Å²) in [5.74, 6) is 0. The summed E-state index contributed by atoms with van der Waals surface area (Å²) < 4.78 is 4.96. The normalized spacial score (nSPS) is 12.7. The molecular weight excluding hydrogens is 991 g/mol. The van der Waals surface area contributed by atoms with Gasteiger partial charge in [-0.3, -0.25) is 0 Å². The molecule has 0 atom stereocenters. The lowest BCUT2D eigenvalue weighted by atomic mass is 9.70. The van der Waals surface area contributed by atoms with Crippen LogP contribution in [0.2, 0.25) is 0 Å². The molecule has 0 radical (unpaired) electrons. The number of hydrogen-bond acceptors (Lipinski definition) is 1. The summed E-state index contributed by atoms with van der Waals surface area (Å²) in [4.78, 5) is 2.37. The second kappa shape index (κ2) is 18.2. The van der Waals surface area contributed by atoms with Crippen molar-refractivity contribution < 1.29 is 0 Å². The van der Waals surface area contributed by atoms with Crippen molar-refractivity contribution in [1.29, 1.82) is 0 Å². The lowest BCUT2D eigenvalue weighted by Gasteiger charge is -2.30. The van der Waals surface area contributed by atoms with E-state index in [2.05, 4.69) is 323 Å². The molecule has 0 N–H and O–H groups in total. The first-order valence-corrected chi connectivity index (χ1v) is 28.4. The number of benzene rings is 13. The molecule has 13 aromatic carbocycles. The van der Waals surface area contributed by atoms with Gasteiger partial charge in [0, 0.05) is 50.0 Å². The Labute approximate surface area is 476 Å². The summed E-state index contributed by atoms with van der Waals surface area (Å²) in [5, 5.41) is 4.84. The Morgan fingerprint density at radius 3 is 1.26 bits per heavy atom. The third-order valence-corrected chi connectivity index (χ3v) is 17.7. The average molecular weight is 1040 g/mol. The van der Waals surface area contributed by atoms with Crippen LogP contribution in [0.4, 0.5) is 17.1 Å². The van der Waals surface area contributed by atoms with Gasteiger partial charge in [0.2, 0.25) is 0 Å². The van der Waals surface area contributed by atoms with Crippen molar-refractivity contribution in [2.45, 2.75) is 5.41 Å². The van der Waals surface area contributed by atoms with Crippen molar-refractivity contribution in [2.24, 2.45) is 0 Å². The summed E-state index contributed by atoms with van der Waals surface area (Å²) in [7, 11) is 0. The predicted molar refractivity (Wildman–Crippen MR) is 342 cm³/mol. The van der Waals surface area contributed by atoms with E-state index in [9.17, 15) is 0 Å². The van der Waals surface area contributed by atoms with E-state index in [4.69, 9.17) is 0 Å². The van der Waals surface area contributed by atoms with Gasteiger partial charge in [-0.1, -0.05) is 231 Å². The monoisotopic (exact) mass is 1040 g/mol. The van der Waals surface area contributed by atoms with E-state index in [0.29, 0.717) is 0 Å². The maximum absolute atomic E-state index is 2.49. The van der Waals surface area contributed by atoms with Gasteiger partial charge < -0.3 is 14.0 Å². The minimum Gasteiger partial charge on any atom is -0.310 e. The van der Waals surface area contributed by atoms with Crippen LogP contribution in [0.3, 0.4) is 0 Å². The van der Waals surface area contributed by atoms with E-state index < -0.39 is 0 Å². The number of nitrogens with zero attached hydrogens (tertiary/aromatic N) is 3.